The van der Waals surface area contributed by atoms with E-state index >= 15 is 0 Å². The first-order valence-corrected chi connectivity index (χ1v) is 11.6. The van der Waals surface area contributed by atoms with Crippen LogP contribution >= 0.6 is 0 Å². The molecule has 0 amide bonds. The zero-order chi connectivity index (χ0) is 26.7. The van der Waals surface area contributed by atoms with Gasteiger partial charge in [0.1, 0.15) is 11.2 Å². The Balaban J connectivity index is 1.80. The van der Waals surface area contributed by atoms with Crippen LogP contribution in [0.1, 0.15) is 57.2 Å². The zero-order valence-corrected chi connectivity index (χ0v) is 21.2. The first-order valence-electron chi connectivity index (χ1n) is 11.6. The fourth-order valence-electron chi connectivity index (χ4n) is 4.88. The zero-order valence-electron chi connectivity index (χ0n) is 21.2. The summed E-state index contributed by atoms with van der Waals surface area (Å²) in [5.74, 6) is 0.232. The number of benzene rings is 1. The molecule has 1 aliphatic rings. The summed E-state index contributed by atoms with van der Waals surface area (Å²) in [6, 6.07) is 7.65. The van der Waals surface area contributed by atoms with Crippen molar-refractivity contribution in [3.05, 3.63) is 65.3 Å². The summed E-state index contributed by atoms with van der Waals surface area (Å²) in [7, 11) is 1.93. The number of rotatable bonds is 6. The largest absolute Gasteiger partial charge is 0.397 e. The van der Waals surface area contributed by atoms with Crippen molar-refractivity contribution in [2.75, 3.05) is 20.1 Å². The van der Waals surface area contributed by atoms with Gasteiger partial charge in [0, 0.05) is 42.0 Å². The van der Waals surface area contributed by atoms with Crippen LogP contribution in [0.5, 0.6) is 0 Å². The van der Waals surface area contributed by atoms with Gasteiger partial charge in [0.15, 0.2) is 0 Å². The van der Waals surface area contributed by atoms with Crippen molar-refractivity contribution in [3.8, 4) is 11.4 Å². The number of likely N-dealkylation sites (tertiary alicyclic amines) is 1. The van der Waals surface area contributed by atoms with Gasteiger partial charge < -0.3 is 19.6 Å². The van der Waals surface area contributed by atoms with Gasteiger partial charge in [-0.15, -0.1) is 0 Å². The normalized spacial score (nSPS) is 18.5. The van der Waals surface area contributed by atoms with Crippen LogP contribution in [0.15, 0.2) is 47.2 Å². The van der Waals surface area contributed by atoms with E-state index in [-0.39, 0.29) is 17.3 Å². The molecule has 1 saturated heterocycles. The molecule has 0 spiro atoms. The molecule has 2 N–H and O–H groups in total. The van der Waals surface area contributed by atoms with Crippen molar-refractivity contribution in [2.45, 2.75) is 57.4 Å². The monoisotopic (exact) mass is 504 g/mol. The standard InChI is InChI=1S/C26H31F3N4O3/c1-22(2,26(27,28)29)17-7-9-18(10-8-17)25(35,24(5)14-33(6)15-24)19-11-16(12-30-13-19)20-31-21(36-32-20)23(3,4)34/h7-13,34-35H,14-15H2,1-6H3/t25-/m0/s1. The average Bonchev–Trinajstić information content (AvgIpc) is 3.28. The summed E-state index contributed by atoms with van der Waals surface area (Å²) >= 11 is 0. The van der Waals surface area contributed by atoms with Crippen LogP contribution in [0.25, 0.3) is 11.4 Å². The van der Waals surface area contributed by atoms with E-state index in [1.807, 2.05) is 14.0 Å². The molecule has 4 rings (SSSR count). The number of hydrogen-bond acceptors (Lipinski definition) is 7. The Hall–Kier alpha value is -2.82. The van der Waals surface area contributed by atoms with E-state index in [1.54, 1.807) is 18.2 Å². The first kappa shape index (κ1) is 26.2. The topological polar surface area (TPSA) is 95.5 Å². The van der Waals surface area contributed by atoms with E-state index < -0.39 is 28.2 Å². The van der Waals surface area contributed by atoms with Crippen LogP contribution in [0.3, 0.4) is 0 Å². The maximum atomic E-state index is 13.6. The molecule has 194 valence electrons. The molecule has 36 heavy (non-hydrogen) atoms. The third-order valence-corrected chi connectivity index (χ3v) is 7.21. The Morgan fingerprint density at radius 1 is 0.944 bits per heavy atom. The van der Waals surface area contributed by atoms with Crippen LogP contribution in [0.2, 0.25) is 0 Å². The number of halogens is 3. The predicted molar refractivity (Wildman–Crippen MR) is 127 cm³/mol. The molecule has 0 bridgehead atoms. The van der Waals surface area contributed by atoms with Gasteiger partial charge in [0.05, 0.1) is 5.41 Å². The molecular formula is C26H31F3N4O3. The van der Waals surface area contributed by atoms with Gasteiger partial charge in [0.25, 0.3) is 5.89 Å². The number of nitrogens with zero attached hydrogens (tertiary/aromatic N) is 4. The molecule has 2 aromatic heterocycles. The van der Waals surface area contributed by atoms with Gasteiger partial charge in [0.2, 0.25) is 5.82 Å². The highest BCUT2D eigenvalue weighted by Gasteiger charge is 2.56. The Labute approximate surface area is 208 Å². The molecule has 3 heterocycles. The third-order valence-electron chi connectivity index (χ3n) is 7.21. The Morgan fingerprint density at radius 3 is 2.03 bits per heavy atom. The van der Waals surface area contributed by atoms with Crippen LogP contribution in [-0.4, -0.2) is 56.6 Å². The van der Waals surface area contributed by atoms with E-state index in [2.05, 4.69) is 20.0 Å². The van der Waals surface area contributed by atoms with Crippen LogP contribution in [0, 0.1) is 5.41 Å². The highest BCUT2D eigenvalue weighted by Crippen LogP contribution is 2.51. The Bertz CT molecular complexity index is 1240. The molecule has 10 heteroatoms. The minimum Gasteiger partial charge on any atom is -0.381 e. The Morgan fingerprint density at radius 2 is 1.53 bits per heavy atom. The van der Waals surface area contributed by atoms with Crippen LogP contribution < -0.4 is 0 Å². The maximum Gasteiger partial charge on any atom is 0.397 e. The van der Waals surface area contributed by atoms with E-state index in [0.717, 1.165) is 13.8 Å². The summed E-state index contributed by atoms with van der Waals surface area (Å²) in [6.07, 6.45) is -1.36. The number of aliphatic hydroxyl groups is 2. The highest BCUT2D eigenvalue weighted by molar-refractivity contribution is 5.56. The quantitative estimate of drug-likeness (QED) is 0.514. The number of aromatic nitrogens is 3. The number of alkyl halides is 3. The lowest BCUT2D eigenvalue weighted by Crippen LogP contribution is -2.63. The van der Waals surface area contributed by atoms with Gasteiger partial charge in [-0.1, -0.05) is 36.3 Å². The smallest absolute Gasteiger partial charge is 0.381 e. The van der Waals surface area contributed by atoms with E-state index in [1.165, 1.54) is 38.4 Å². The summed E-state index contributed by atoms with van der Waals surface area (Å²) < 4.78 is 46.0. The molecule has 1 fully saturated rings. The van der Waals surface area contributed by atoms with Gasteiger partial charge >= 0.3 is 6.18 Å². The van der Waals surface area contributed by atoms with Crippen molar-refractivity contribution >= 4 is 0 Å². The number of pyridine rings is 1. The Kier molecular flexibility index (Phi) is 6.09. The molecule has 3 aromatic rings. The fourth-order valence-corrected chi connectivity index (χ4v) is 4.88. The fraction of sp³-hybridized carbons (Fsp3) is 0.500. The lowest BCUT2D eigenvalue weighted by Gasteiger charge is -2.56. The lowest BCUT2D eigenvalue weighted by molar-refractivity contribution is -0.180. The molecule has 7 nitrogen and oxygen atoms in total. The minimum atomic E-state index is -4.42. The second-order valence-corrected chi connectivity index (χ2v) is 11.1. The highest BCUT2D eigenvalue weighted by atomic mass is 19.4. The molecule has 0 unspecified atom stereocenters. The second kappa shape index (κ2) is 8.36. The van der Waals surface area contributed by atoms with Crippen molar-refractivity contribution in [1.29, 1.82) is 0 Å². The van der Waals surface area contributed by atoms with Crippen molar-refractivity contribution in [1.82, 2.24) is 20.0 Å². The van der Waals surface area contributed by atoms with Gasteiger partial charge in [-0.05, 0) is 51.9 Å². The molecule has 0 aliphatic carbocycles. The summed E-state index contributed by atoms with van der Waals surface area (Å²) in [6.45, 7) is 8.38. The SMILES string of the molecule is CN1CC(C)([C@](O)(c2ccc(C(C)(C)C(F)(F)F)cc2)c2cncc(-c3noc(C(C)(C)O)n3)c2)C1. The molecule has 1 aliphatic heterocycles. The summed E-state index contributed by atoms with van der Waals surface area (Å²) in [5, 5.41) is 26.4. The molecular weight excluding hydrogens is 473 g/mol. The van der Waals surface area contributed by atoms with E-state index in [4.69, 9.17) is 4.52 Å². The molecule has 0 radical (unpaired) electrons. The molecule has 0 saturated carbocycles. The maximum absolute atomic E-state index is 13.6. The second-order valence-electron chi connectivity index (χ2n) is 11.1. The minimum absolute atomic E-state index is 0.0358. The first-order chi connectivity index (χ1) is 16.5. The van der Waals surface area contributed by atoms with Crippen molar-refractivity contribution in [3.63, 3.8) is 0 Å². The number of hydrogen-bond donors (Lipinski definition) is 2. The van der Waals surface area contributed by atoms with Crippen molar-refractivity contribution in [2.24, 2.45) is 5.41 Å². The van der Waals surface area contributed by atoms with Crippen LogP contribution in [0.4, 0.5) is 13.2 Å². The van der Waals surface area contributed by atoms with Gasteiger partial charge in [-0.3, -0.25) is 4.98 Å². The summed E-state index contributed by atoms with van der Waals surface area (Å²) in [4.78, 5) is 10.6. The van der Waals surface area contributed by atoms with Crippen LogP contribution in [-0.2, 0) is 16.6 Å². The average molecular weight is 505 g/mol. The lowest BCUT2D eigenvalue weighted by atomic mass is 9.62. The van der Waals surface area contributed by atoms with Crippen molar-refractivity contribution < 1.29 is 27.9 Å². The summed E-state index contributed by atoms with van der Waals surface area (Å²) in [5.41, 5.74) is -4.08. The third kappa shape index (κ3) is 4.21. The van der Waals surface area contributed by atoms with E-state index in [0.29, 0.717) is 29.8 Å². The van der Waals surface area contributed by atoms with E-state index in [9.17, 15) is 23.4 Å². The van der Waals surface area contributed by atoms with Gasteiger partial charge in [-0.2, -0.15) is 18.2 Å². The predicted octanol–water partition coefficient (Wildman–Crippen LogP) is 4.39. The molecule has 1 atom stereocenters. The molecule has 1 aromatic carbocycles. The van der Waals surface area contributed by atoms with Gasteiger partial charge in [-0.25, -0.2) is 0 Å².